The Kier molecular flexibility index (Phi) is 3.43. The van der Waals surface area contributed by atoms with Gasteiger partial charge in [0.05, 0.1) is 28.5 Å². The summed E-state index contributed by atoms with van der Waals surface area (Å²) in [6.45, 7) is 2.54. The van der Waals surface area contributed by atoms with Crippen molar-refractivity contribution < 1.29 is 4.79 Å². The first kappa shape index (κ1) is 15.3. The van der Waals surface area contributed by atoms with Crippen LogP contribution in [0.15, 0.2) is 42.7 Å². The summed E-state index contributed by atoms with van der Waals surface area (Å²) in [6, 6.07) is 10.3. The normalized spacial score (nSPS) is 17.1. The second-order valence-electron chi connectivity index (χ2n) is 6.58. The molecule has 26 heavy (non-hydrogen) atoms. The molecule has 4 aromatic rings. The highest BCUT2D eigenvalue weighted by Gasteiger charge is 2.30. The molecule has 0 saturated heterocycles. The molecule has 0 fully saturated rings. The third-order valence-corrected chi connectivity index (χ3v) is 6.04. The van der Waals surface area contributed by atoms with Gasteiger partial charge in [-0.15, -0.1) is 11.3 Å². The van der Waals surface area contributed by atoms with Gasteiger partial charge in [-0.25, -0.2) is 4.98 Å². The molecular weight excluding hydrogens is 346 g/mol. The molecular formula is C19H17N5OS. The number of aryl methyl sites for hydroxylation is 1. The zero-order valence-electron chi connectivity index (χ0n) is 14.2. The molecule has 1 amide bonds. The molecule has 5 rings (SSSR count). The molecule has 0 unspecified atom stereocenters. The van der Waals surface area contributed by atoms with Crippen molar-refractivity contribution in [2.45, 2.75) is 25.8 Å². The Balaban J connectivity index is 1.66. The summed E-state index contributed by atoms with van der Waals surface area (Å²) in [7, 11) is 0. The van der Waals surface area contributed by atoms with Gasteiger partial charge >= 0.3 is 0 Å². The van der Waals surface area contributed by atoms with E-state index in [9.17, 15) is 4.79 Å². The van der Waals surface area contributed by atoms with Crippen LogP contribution in [0.1, 0.15) is 34.2 Å². The summed E-state index contributed by atoms with van der Waals surface area (Å²) in [5.74, 6) is 0.0530. The number of carbonyl (C=O) groups excluding carboxylic acids is 1. The number of aromatic amines is 1. The molecule has 7 heteroatoms. The number of carbonyl (C=O) groups is 1. The first-order chi connectivity index (χ1) is 12.7. The van der Waals surface area contributed by atoms with Crippen molar-refractivity contribution >= 4 is 22.9 Å². The van der Waals surface area contributed by atoms with Crippen LogP contribution in [0.4, 0.5) is 0 Å². The van der Waals surface area contributed by atoms with Crippen molar-refractivity contribution in [2.75, 3.05) is 0 Å². The van der Waals surface area contributed by atoms with Gasteiger partial charge in [-0.1, -0.05) is 0 Å². The summed E-state index contributed by atoms with van der Waals surface area (Å²) in [5.41, 5.74) is 5.16. The van der Waals surface area contributed by atoms with Crippen LogP contribution < -0.4 is 5.32 Å². The van der Waals surface area contributed by atoms with Crippen molar-refractivity contribution in [3.05, 3.63) is 64.6 Å². The summed E-state index contributed by atoms with van der Waals surface area (Å²) in [5, 5.41) is 10.0. The molecule has 130 valence electrons. The minimum Gasteiger partial charge on any atom is -0.350 e. The number of fused-ring (bicyclic) bond motifs is 3. The Bertz CT molecular complexity index is 1110. The molecule has 1 aliphatic heterocycles. The summed E-state index contributed by atoms with van der Waals surface area (Å²) >= 11 is 1.69. The fourth-order valence-corrected chi connectivity index (χ4v) is 4.65. The number of hydrogen-bond acceptors (Lipinski definition) is 4. The van der Waals surface area contributed by atoms with Gasteiger partial charge < -0.3 is 9.72 Å². The Morgan fingerprint density at radius 3 is 3.04 bits per heavy atom. The van der Waals surface area contributed by atoms with E-state index in [-0.39, 0.29) is 11.8 Å². The van der Waals surface area contributed by atoms with Crippen LogP contribution in [-0.4, -0.2) is 25.5 Å². The first-order valence-corrected chi connectivity index (χ1v) is 9.34. The minimum absolute atomic E-state index is 0.00752. The molecule has 0 radical (unpaired) electrons. The van der Waals surface area contributed by atoms with E-state index in [0.717, 1.165) is 32.5 Å². The second kappa shape index (κ2) is 5.81. The highest BCUT2D eigenvalue weighted by molar-refractivity contribution is 7.15. The number of pyridine rings is 1. The lowest BCUT2D eigenvalue weighted by Gasteiger charge is -2.13. The summed E-state index contributed by atoms with van der Waals surface area (Å²) < 4.78 is 2.13. The Hall–Kier alpha value is -2.93. The minimum atomic E-state index is -0.00752. The average Bonchev–Trinajstić information content (AvgIpc) is 3.34. The van der Waals surface area contributed by atoms with Crippen LogP contribution in [0.3, 0.4) is 0 Å². The SMILES string of the molecule is Cc1ccn2c3c(nc2c1)CNC(=O)C[C@@H]3c1ccc(-c2ccn[nH]2)s1. The number of amides is 1. The van der Waals surface area contributed by atoms with Crippen LogP contribution >= 0.6 is 11.3 Å². The summed E-state index contributed by atoms with van der Waals surface area (Å²) in [4.78, 5) is 19.4. The third-order valence-electron chi connectivity index (χ3n) is 4.80. The molecule has 0 aromatic carbocycles. The van der Waals surface area contributed by atoms with E-state index in [1.54, 1.807) is 17.5 Å². The quantitative estimate of drug-likeness (QED) is 0.574. The number of nitrogens with zero attached hydrogens (tertiary/aromatic N) is 3. The number of aromatic nitrogens is 4. The first-order valence-electron chi connectivity index (χ1n) is 8.53. The van der Waals surface area contributed by atoms with Crippen molar-refractivity contribution in [1.29, 1.82) is 0 Å². The third kappa shape index (κ3) is 2.43. The lowest BCUT2D eigenvalue weighted by atomic mass is 9.98. The molecule has 0 aliphatic carbocycles. The lowest BCUT2D eigenvalue weighted by molar-refractivity contribution is -0.121. The van der Waals surface area contributed by atoms with Crippen LogP contribution in [0, 0.1) is 6.92 Å². The van der Waals surface area contributed by atoms with Gasteiger partial charge in [0.2, 0.25) is 5.91 Å². The molecule has 0 spiro atoms. The summed E-state index contributed by atoms with van der Waals surface area (Å²) in [6.07, 6.45) is 4.24. The molecule has 4 aromatic heterocycles. The molecule has 5 heterocycles. The second-order valence-corrected chi connectivity index (χ2v) is 7.70. The number of thiophene rings is 1. The highest BCUT2D eigenvalue weighted by atomic mass is 32.1. The lowest BCUT2D eigenvalue weighted by Crippen LogP contribution is -2.21. The zero-order valence-corrected chi connectivity index (χ0v) is 15.0. The number of H-pyrrole nitrogens is 1. The Labute approximate surface area is 153 Å². The molecule has 0 bridgehead atoms. The van der Waals surface area contributed by atoms with E-state index in [0.29, 0.717) is 13.0 Å². The Morgan fingerprint density at radius 1 is 1.27 bits per heavy atom. The molecule has 1 aliphatic rings. The maximum absolute atomic E-state index is 12.3. The van der Waals surface area contributed by atoms with Crippen molar-refractivity contribution in [3.63, 3.8) is 0 Å². The molecule has 2 N–H and O–H groups in total. The number of nitrogens with one attached hydrogen (secondary N) is 2. The molecule has 0 saturated carbocycles. The standard InChI is InChI=1S/C19H17N5OS/c1-11-5-7-24-17(8-11)22-14-10-20-18(25)9-12(19(14)24)15-2-3-16(26-15)13-4-6-21-23-13/h2-8,12H,9-10H2,1H3,(H,20,25)(H,21,23)/t12-/m1/s1. The van der Waals surface area contributed by atoms with Crippen molar-refractivity contribution in [1.82, 2.24) is 24.9 Å². The van der Waals surface area contributed by atoms with Crippen LogP contribution in [-0.2, 0) is 11.3 Å². The number of imidazole rings is 1. The van der Waals surface area contributed by atoms with Gasteiger partial charge in [0.25, 0.3) is 0 Å². The van der Waals surface area contributed by atoms with E-state index < -0.39 is 0 Å². The predicted molar refractivity (Wildman–Crippen MR) is 100 cm³/mol. The average molecular weight is 363 g/mol. The molecule has 6 nitrogen and oxygen atoms in total. The van der Waals surface area contributed by atoms with Gasteiger partial charge in [-0.05, 0) is 42.8 Å². The smallest absolute Gasteiger partial charge is 0.221 e. The van der Waals surface area contributed by atoms with Crippen molar-refractivity contribution in [2.24, 2.45) is 0 Å². The van der Waals surface area contributed by atoms with Gasteiger partial charge in [-0.2, -0.15) is 5.10 Å². The fraction of sp³-hybridized carbons (Fsp3) is 0.211. The van der Waals surface area contributed by atoms with E-state index >= 15 is 0 Å². The highest BCUT2D eigenvalue weighted by Crippen LogP contribution is 2.39. The van der Waals surface area contributed by atoms with Gasteiger partial charge in [-0.3, -0.25) is 9.89 Å². The van der Waals surface area contributed by atoms with E-state index in [2.05, 4.69) is 57.3 Å². The predicted octanol–water partition coefficient (Wildman–Crippen LogP) is 3.25. The molecule has 1 atom stereocenters. The fourth-order valence-electron chi connectivity index (χ4n) is 3.56. The Morgan fingerprint density at radius 2 is 2.19 bits per heavy atom. The van der Waals surface area contributed by atoms with Gasteiger partial charge in [0.15, 0.2) is 0 Å². The monoisotopic (exact) mass is 363 g/mol. The van der Waals surface area contributed by atoms with E-state index in [1.165, 1.54) is 5.56 Å². The topological polar surface area (TPSA) is 75.1 Å². The van der Waals surface area contributed by atoms with E-state index in [1.807, 2.05) is 6.07 Å². The van der Waals surface area contributed by atoms with Crippen LogP contribution in [0.2, 0.25) is 0 Å². The maximum atomic E-state index is 12.3. The van der Waals surface area contributed by atoms with Gasteiger partial charge in [0.1, 0.15) is 5.65 Å². The van der Waals surface area contributed by atoms with Gasteiger partial charge in [0, 0.05) is 29.6 Å². The van der Waals surface area contributed by atoms with Crippen LogP contribution in [0.5, 0.6) is 0 Å². The van der Waals surface area contributed by atoms with Crippen LogP contribution in [0.25, 0.3) is 16.2 Å². The van der Waals surface area contributed by atoms with E-state index in [4.69, 9.17) is 4.98 Å². The zero-order chi connectivity index (χ0) is 17.7. The number of hydrogen-bond donors (Lipinski definition) is 2. The number of rotatable bonds is 2. The largest absolute Gasteiger partial charge is 0.350 e. The maximum Gasteiger partial charge on any atom is 0.221 e. The van der Waals surface area contributed by atoms with Crippen molar-refractivity contribution in [3.8, 4) is 10.6 Å².